The summed E-state index contributed by atoms with van der Waals surface area (Å²) in [5.41, 5.74) is 1.52. The molecule has 2 N–H and O–H groups in total. The molecule has 1 aromatic carbocycles. The van der Waals surface area contributed by atoms with E-state index >= 15 is 0 Å². The Labute approximate surface area is 101 Å². The highest BCUT2D eigenvalue weighted by Crippen LogP contribution is 2.10. The van der Waals surface area contributed by atoms with E-state index < -0.39 is 0 Å². The summed E-state index contributed by atoms with van der Waals surface area (Å²) in [6.45, 7) is 4.47. The molecule has 0 saturated heterocycles. The van der Waals surface area contributed by atoms with Crippen LogP contribution in [-0.4, -0.2) is 17.4 Å². The molecular weight excluding hydrogens is 220 g/mol. The van der Waals surface area contributed by atoms with Crippen LogP contribution < -0.4 is 10.6 Å². The molecule has 0 radical (unpaired) electrons. The fourth-order valence-electron chi connectivity index (χ4n) is 1.23. The molecule has 0 atom stereocenters. The number of hydrogen-bond acceptors (Lipinski definition) is 2. The van der Waals surface area contributed by atoms with Crippen LogP contribution in [0.1, 0.15) is 30.6 Å². The molecule has 0 aliphatic carbocycles. The molecule has 0 heterocycles. The summed E-state index contributed by atoms with van der Waals surface area (Å²) in [6.07, 6.45) is 1.02. The fourth-order valence-corrected chi connectivity index (χ4v) is 1.45. The lowest BCUT2D eigenvalue weighted by atomic mass is 10.1. The predicted molar refractivity (Wildman–Crippen MR) is 71.0 cm³/mol. The predicted octanol–water partition coefficient (Wildman–Crippen LogP) is 2.59. The van der Waals surface area contributed by atoms with Gasteiger partial charge in [0.15, 0.2) is 10.9 Å². The Kier molecular flexibility index (Phi) is 4.92. The van der Waals surface area contributed by atoms with E-state index in [2.05, 4.69) is 17.6 Å². The standard InChI is InChI=1S/C12H16N2OS/c1-3-7-13-12(16)14-11-6-4-5-10(8-11)9(2)15/h4-6,8H,3,7H2,1-2H3,(H2,13,14,16). The number of hydrogen-bond donors (Lipinski definition) is 2. The number of benzene rings is 1. The average Bonchev–Trinajstić information content (AvgIpc) is 2.26. The molecule has 1 aromatic rings. The van der Waals surface area contributed by atoms with Crippen LogP contribution in [0.25, 0.3) is 0 Å². The summed E-state index contributed by atoms with van der Waals surface area (Å²) in [5, 5.41) is 6.69. The minimum Gasteiger partial charge on any atom is -0.362 e. The molecule has 0 aromatic heterocycles. The van der Waals surface area contributed by atoms with Crippen molar-refractivity contribution in [3.8, 4) is 0 Å². The first-order valence-corrected chi connectivity index (χ1v) is 5.70. The lowest BCUT2D eigenvalue weighted by molar-refractivity contribution is 0.101. The van der Waals surface area contributed by atoms with Crippen molar-refractivity contribution in [3.63, 3.8) is 0 Å². The van der Waals surface area contributed by atoms with E-state index in [4.69, 9.17) is 12.2 Å². The number of thiocarbonyl (C=S) groups is 1. The van der Waals surface area contributed by atoms with Gasteiger partial charge in [-0.15, -0.1) is 0 Å². The summed E-state index contributed by atoms with van der Waals surface area (Å²) in [7, 11) is 0. The Hall–Kier alpha value is -1.42. The van der Waals surface area contributed by atoms with E-state index in [9.17, 15) is 4.79 Å². The molecule has 0 spiro atoms. The van der Waals surface area contributed by atoms with E-state index in [-0.39, 0.29) is 5.78 Å². The second kappa shape index (κ2) is 6.23. The van der Waals surface area contributed by atoms with Crippen LogP contribution in [0.4, 0.5) is 5.69 Å². The van der Waals surface area contributed by atoms with Crippen LogP contribution in [0.3, 0.4) is 0 Å². The first-order valence-electron chi connectivity index (χ1n) is 5.29. The Morgan fingerprint density at radius 1 is 1.44 bits per heavy atom. The maximum Gasteiger partial charge on any atom is 0.170 e. The van der Waals surface area contributed by atoms with Gasteiger partial charge in [-0.25, -0.2) is 0 Å². The number of nitrogens with one attached hydrogen (secondary N) is 2. The van der Waals surface area contributed by atoms with Gasteiger partial charge in [0, 0.05) is 17.8 Å². The number of carbonyl (C=O) groups is 1. The normalized spacial score (nSPS) is 9.62. The highest BCUT2D eigenvalue weighted by atomic mass is 32.1. The van der Waals surface area contributed by atoms with Gasteiger partial charge < -0.3 is 10.6 Å². The van der Waals surface area contributed by atoms with Crippen molar-refractivity contribution in [3.05, 3.63) is 29.8 Å². The van der Waals surface area contributed by atoms with Gasteiger partial charge in [-0.3, -0.25) is 4.79 Å². The minimum atomic E-state index is 0.0519. The smallest absolute Gasteiger partial charge is 0.170 e. The summed E-state index contributed by atoms with van der Waals surface area (Å²) < 4.78 is 0. The zero-order valence-corrected chi connectivity index (χ0v) is 10.4. The topological polar surface area (TPSA) is 41.1 Å². The number of carbonyl (C=O) groups excluding carboxylic acids is 1. The molecule has 0 aliphatic heterocycles. The average molecular weight is 236 g/mol. The van der Waals surface area contributed by atoms with Crippen molar-refractivity contribution in [2.24, 2.45) is 0 Å². The molecule has 0 amide bonds. The van der Waals surface area contributed by atoms with Crippen LogP contribution in [-0.2, 0) is 0 Å². The third kappa shape index (κ3) is 3.98. The van der Waals surface area contributed by atoms with Crippen LogP contribution in [0, 0.1) is 0 Å². The van der Waals surface area contributed by atoms with Gasteiger partial charge in [-0.2, -0.15) is 0 Å². The molecule has 0 unspecified atom stereocenters. The van der Waals surface area contributed by atoms with Gasteiger partial charge in [0.2, 0.25) is 0 Å². The molecule has 0 fully saturated rings. The first kappa shape index (κ1) is 12.6. The fraction of sp³-hybridized carbons (Fsp3) is 0.333. The Bertz CT molecular complexity index is 390. The van der Waals surface area contributed by atoms with Crippen molar-refractivity contribution in [2.75, 3.05) is 11.9 Å². The molecule has 0 aliphatic rings. The number of rotatable bonds is 4. The zero-order valence-electron chi connectivity index (χ0n) is 9.54. The monoisotopic (exact) mass is 236 g/mol. The Morgan fingerprint density at radius 3 is 2.81 bits per heavy atom. The lowest BCUT2D eigenvalue weighted by Crippen LogP contribution is -2.28. The van der Waals surface area contributed by atoms with Crippen LogP contribution >= 0.6 is 12.2 Å². The van der Waals surface area contributed by atoms with Crippen molar-refractivity contribution >= 4 is 28.8 Å². The van der Waals surface area contributed by atoms with E-state index in [0.29, 0.717) is 10.7 Å². The molecule has 1 rings (SSSR count). The number of ketones is 1. The SMILES string of the molecule is CCCNC(=S)Nc1cccc(C(C)=O)c1. The Balaban J connectivity index is 2.63. The lowest BCUT2D eigenvalue weighted by Gasteiger charge is -2.10. The third-order valence-corrected chi connectivity index (χ3v) is 2.31. The van der Waals surface area contributed by atoms with Gasteiger partial charge in [0.1, 0.15) is 0 Å². The molecule has 3 nitrogen and oxygen atoms in total. The largest absolute Gasteiger partial charge is 0.362 e. The van der Waals surface area contributed by atoms with Crippen molar-refractivity contribution < 1.29 is 4.79 Å². The van der Waals surface area contributed by atoms with Gasteiger partial charge in [-0.1, -0.05) is 19.1 Å². The number of Topliss-reactive ketones (excluding diaryl/α,β-unsaturated/α-hetero) is 1. The Morgan fingerprint density at radius 2 is 2.19 bits per heavy atom. The van der Waals surface area contributed by atoms with Crippen LogP contribution in [0.2, 0.25) is 0 Å². The maximum atomic E-state index is 11.2. The number of anilines is 1. The molecule has 16 heavy (non-hydrogen) atoms. The maximum absolute atomic E-state index is 11.2. The summed E-state index contributed by atoms with van der Waals surface area (Å²) in [5.74, 6) is 0.0519. The van der Waals surface area contributed by atoms with Crippen molar-refractivity contribution in [2.45, 2.75) is 20.3 Å². The van der Waals surface area contributed by atoms with Crippen molar-refractivity contribution in [1.29, 1.82) is 0 Å². The van der Waals surface area contributed by atoms with E-state index in [1.165, 1.54) is 0 Å². The van der Waals surface area contributed by atoms with Gasteiger partial charge in [-0.05, 0) is 37.7 Å². The third-order valence-electron chi connectivity index (χ3n) is 2.06. The van der Waals surface area contributed by atoms with Crippen LogP contribution in [0.5, 0.6) is 0 Å². The van der Waals surface area contributed by atoms with Gasteiger partial charge >= 0.3 is 0 Å². The summed E-state index contributed by atoms with van der Waals surface area (Å²) >= 11 is 5.10. The highest BCUT2D eigenvalue weighted by Gasteiger charge is 2.01. The molecule has 0 saturated carbocycles. The van der Waals surface area contributed by atoms with Gasteiger partial charge in [0.05, 0.1) is 0 Å². The molecule has 86 valence electrons. The van der Waals surface area contributed by atoms with E-state index in [1.807, 2.05) is 12.1 Å². The molecule has 0 bridgehead atoms. The van der Waals surface area contributed by atoms with E-state index in [0.717, 1.165) is 18.7 Å². The van der Waals surface area contributed by atoms with Gasteiger partial charge in [0.25, 0.3) is 0 Å². The second-order valence-electron chi connectivity index (χ2n) is 3.52. The zero-order chi connectivity index (χ0) is 12.0. The molecule has 4 heteroatoms. The quantitative estimate of drug-likeness (QED) is 0.623. The van der Waals surface area contributed by atoms with Crippen LogP contribution in [0.15, 0.2) is 24.3 Å². The first-order chi connectivity index (χ1) is 7.63. The van der Waals surface area contributed by atoms with E-state index in [1.54, 1.807) is 19.1 Å². The molecular formula is C12H16N2OS. The minimum absolute atomic E-state index is 0.0519. The highest BCUT2D eigenvalue weighted by molar-refractivity contribution is 7.80. The summed E-state index contributed by atoms with van der Waals surface area (Å²) in [4.78, 5) is 11.2. The summed E-state index contributed by atoms with van der Waals surface area (Å²) in [6, 6.07) is 7.30. The van der Waals surface area contributed by atoms with Crippen molar-refractivity contribution in [1.82, 2.24) is 5.32 Å². The second-order valence-corrected chi connectivity index (χ2v) is 3.93.